The molecule has 1 rings (SSSR count). The van der Waals surface area contributed by atoms with Crippen LogP contribution in [0.1, 0.15) is 20.3 Å². The quantitative estimate of drug-likeness (QED) is 0.482. The zero-order chi connectivity index (χ0) is 9.30. The summed E-state index contributed by atoms with van der Waals surface area (Å²) in [4.78, 5) is 9.99. The maximum Gasteiger partial charge on any atom is 0.247 e. The first-order chi connectivity index (χ1) is 5.52. The minimum atomic E-state index is -0.396. The van der Waals surface area contributed by atoms with Gasteiger partial charge in [0.25, 0.3) is 0 Å². The van der Waals surface area contributed by atoms with Gasteiger partial charge in [-0.1, -0.05) is 6.92 Å². The lowest BCUT2D eigenvalue weighted by Crippen LogP contribution is -2.12. The first-order valence-electron chi connectivity index (χ1n) is 3.77. The molecule has 0 aromatic heterocycles. The van der Waals surface area contributed by atoms with Crippen LogP contribution in [0.5, 0.6) is 0 Å². The van der Waals surface area contributed by atoms with Gasteiger partial charge in [-0.3, -0.25) is 10.1 Å². The highest BCUT2D eigenvalue weighted by molar-refractivity contribution is 5.27. The maximum absolute atomic E-state index is 10.4. The highest BCUT2D eigenvalue weighted by Gasteiger charge is 2.24. The molecule has 0 bridgehead atoms. The van der Waals surface area contributed by atoms with Crippen LogP contribution < -0.4 is 0 Å². The zero-order valence-corrected chi connectivity index (χ0v) is 7.07. The van der Waals surface area contributed by atoms with Crippen molar-refractivity contribution in [2.75, 3.05) is 0 Å². The summed E-state index contributed by atoms with van der Waals surface area (Å²) in [6.07, 6.45) is 1.74. The smallest absolute Gasteiger partial charge is 0.247 e. The summed E-state index contributed by atoms with van der Waals surface area (Å²) in [6, 6.07) is 0. The van der Waals surface area contributed by atoms with E-state index in [1.54, 1.807) is 13.8 Å². The van der Waals surface area contributed by atoms with E-state index >= 15 is 0 Å². The summed E-state index contributed by atoms with van der Waals surface area (Å²) < 4.78 is 0. The molecule has 0 aromatic carbocycles. The molecule has 0 aromatic rings. The molecule has 0 amide bonds. The third-order valence-electron chi connectivity index (χ3n) is 2.00. The van der Waals surface area contributed by atoms with E-state index in [1.165, 1.54) is 6.08 Å². The van der Waals surface area contributed by atoms with E-state index in [0.29, 0.717) is 12.0 Å². The van der Waals surface area contributed by atoms with Crippen molar-refractivity contribution in [3.63, 3.8) is 0 Å². The van der Waals surface area contributed by atoms with Gasteiger partial charge in [-0.05, 0) is 12.5 Å². The lowest BCUT2D eigenvalue weighted by molar-refractivity contribution is -0.429. The van der Waals surface area contributed by atoms with E-state index in [0.717, 1.165) is 0 Å². The molecule has 66 valence electrons. The van der Waals surface area contributed by atoms with Crippen molar-refractivity contribution in [2.45, 2.75) is 20.3 Å². The van der Waals surface area contributed by atoms with E-state index in [1.807, 2.05) is 0 Å². The second kappa shape index (κ2) is 2.97. The Kier molecular flexibility index (Phi) is 2.17. The molecule has 0 saturated heterocycles. The second-order valence-corrected chi connectivity index (χ2v) is 3.07. The number of nitrogens with zero attached hydrogens (tertiary/aromatic N) is 1. The Bertz CT molecular complexity index is 278. The number of aliphatic hydroxyl groups excluding tert-OH is 1. The Morgan fingerprint density at radius 1 is 1.75 bits per heavy atom. The predicted octanol–water partition coefficient (Wildman–Crippen LogP) is 2.02. The maximum atomic E-state index is 10.4. The third-order valence-corrected chi connectivity index (χ3v) is 2.00. The molecule has 0 spiro atoms. The SMILES string of the molecule is CC1=C(O)C(C)CC([N+](=O)[O-])=C1. The van der Waals surface area contributed by atoms with Crippen LogP contribution in [0, 0.1) is 16.0 Å². The van der Waals surface area contributed by atoms with Crippen molar-refractivity contribution >= 4 is 0 Å². The second-order valence-electron chi connectivity index (χ2n) is 3.07. The van der Waals surface area contributed by atoms with Gasteiger partial charge in [0.15, 0.2) is 0 Å². The molecule has 1 aliphatic carbocycles. The topological polar surface area (TPSA) is 63.4 Å². The van der Waals surface area contributed by atoms with Gasteiger partial charge in [-0.2, -0.15) is 0 Å². The number of hydrogen-bond acceptors (Lipinski definition) is 3. The van der Waals surface area contributed by atoms with E-state index in [9.17, 15) is 15.2 Å². The van der Waals surface area contributed by atoms with Crippen molar-refractivity contribution in [3.05, 3.63) is 33.2 Å². The van der Waals surface area contributed by atoms with Gasteiger partial charge < -0.3 is 5.11 Å². The number of nitro groups is 1. The fraction of sp³-hybridized carbons (Fsp3) is 0.500. The number of hydrogen-bond donors (Lipinski definition) is 1. The van der Waals surface area contributed by atoms with Gasteiger partial charge in [-0.15, -0.1) is 0 Å². The molecule has 0 heterocycles. The van der Waals surface area contributed by atoms with E-state index in [4.69, 9.17) is 0 Å². The Hall–Kier alpha value is -1.32. The van der Waals surface area contributed by atoms with Gasteiger partial charge in [0.1, 0.15) is 0 Å². The number of allylic oxidation sites excluding steroid dienone is 4. The van der Waals surface area contributed by atoms with Gasteiger partial charge in [0.2, 0.25) is 5.70 Å². The van der Waals surface area contributed by atoms with Crippen molar-refractivity contribution < 1.29 is 10.0 Å². The van der Waals surface area contributed by atoms with E-state index in [2.05, 4.69) is 0 Å². The summed E-state index contributed by atoms with van der Waals surface area (Å²) in [5, 5.41) is 19.7. The van der Waals surface area contributed by atoms with Crippen LogP contribution in [0.25, 0.3) is 0 Å². The van der Waals surface area contributed by atoms with Crippen LogP contribution in [0.2, 0.25) is 0 Å². The minimum Gasteiger partial charge on any atom is -0.512 e. The molecule has 0 fully saturated rings. The highest BCUT2D eigenvalue weighted by atomic mass is 16.6. The molecule has 1 N–H and O–H groups in total. The van der Waals surface area contributed by atoms with Crippen LogP contribution in [0.4, 0.5) is 0 Å². The fourth-order valence-electron chi connectivity index (χ4n) is 1.31. The summed E-state index contributed by atoms with van der Waals surface area (Å²) in [5.74, 6) is 0.135. The lowest BCUT2D eigenvalue weighted by Gasteiger charge is -2.15. The molecule has 1 unspecified atom stereocenters. The molecule has 0 aliphatic heterocycles. The van der Waals surface area contributed by atoms with Gasteiger partial charge in [-0.25, -0.2) is 0 Å². The van der Waals surface area contributed by atoms with Crippen LogP contribution in [0.15, 0.2) is 23.1 Å². The van der Waals surface area contributed by atoms with Gasteiger partial charge >= 0.3 is 0 Å². The normalized spacial score (nSPS) is 23.8. The largest absolute Gasteiger partial charge is 0.512 e. The lowest BCUT2D eigenvalue weighted by atomic mass is 9.94. The number of rotatable bonds is 1. The van der Waals surface area contributed by atoms with Crippen LogP contribution in [0.3, 0.4) is 0 Å². The summed E-state index contributed by atoms with van der Waals surface area (Å²) in [5.41, 5.74) is 0.776. The molecule has 4 nitrogen and oxygen atoms in total. The summed E-state index contributed by atoms with van der Waals surface area (Å²) in [6.45, 7) is 3.45. The highest BCUT2D eigenvalue weighted by Crippen LogP contribution is 2.27. The van der Waals surface area contributed by atoms with Crippen LogP contribution in [-0.2, 0) is 0 Å². The minimum absolute atomic E-state index is 0.129. The third kappa shape index (κ3) is 1.47. The Morgan fingerprint density at radius 3 is 2.75 bits per heavy atom. The molecule has 1 aliphatic rings. The van der Waals surface area contributed by atoms with Gasteiger partial charge in [0.05, 0.1) is 10.7 Å². The average Bonchev–Trinajstić information content (AvgIpc) is 1.99. The Morgan fingerprint density at radius 2 is 2.33 bits per heavy atom. The standard InChI is InChI=1S/C8H11NO3/c1-5-3-7(9(11)12)4-6(2)8(5)10/h3,6,10H,4H2,1-2H3. The number of aliphatic hydroxyl groups is 1. The molecule has 4 heteroatoms. The molecular formula is C8H11NO3. The zero-order valence-electron chi connectivity index (χ0n) is 7.07. The van der Waals surface area contributed by atoms with Crippen molar-refractivity contribution in [2.24, 2.45) is 5.92 Å². The predicted molar refractivity (Wildman–Crippen MR) is 44.2 cm³/mol. The van der Waals surface area contributed by atoms with Crippen molar-refractivity contribution in [3.8, 4) is 0 Å². The molecule has 0 radical (unpaired) electrons. The Labute approximate surface area is 70.4 Å². The fourth-order valence-corrected chi connectivity index (χ4v) is 1.31. The van der Waals surface area contributed by atoms with E-state index in [-0.39, 0.29) is 17.4 Å². The van der Waals surface area contributed by atoms with Gasteiger partial charge in [0, 0.05) is 18.4 Å². The molecule has 12 heavy (non-hydrogen) atoms. The van der Waals surface area contributed by atoms with Crippen LogP contribution >= 0.6 is 0 Å². The van der Waals surface area contributed by atoms with Crippen molar-refractivity contribution in [1.29, 1.82) is 0 Å². The Balaban J connectivity index is 2.98. The molecule has 1 atom stereocenters. The molecule has 0 saturated carbocycles. The first-order valence-corrected chi connectivity index (χ1v) is 3.77. The first kappa shape index (κ1) is 8.77. The van der Waals surface area contributed by atoms with Crippen LogP contribution in [-0.4, -0.2) is 10.0 Å². The monoisotopic (exact) mass is 169 g/mol. The summed E-state index contributed by atoms with van der Waals surface area (Å²) >= 11 is 0. The van der Waals surface area contributed by atoms with Crippen molar-refractivity contribution in [1.82, 2.24) is 0 Å². The average molecular weight is 169 g/mol. The molecular weight excluding hydrogens is 158 g/mol. The van der Waals surface area contributed by atoms with E-state index < -0.39 is 4.92 Å². The summed E-state index contributed by atoms with van der Waals surface area (Å²) in [7, 11) is 0.